The average molecular weight is 176 g/mol. The van der Waals surface area contributed by atoms with Crippen LogP contribution in [0.2, 0.25) is 0 Å². The molecular weight excluding hydrogens is 164 g/mol. The van der Waals surface area contributed by atoms with Crippen LogP contribution < -0.4 is 10.9 Å². The topological polar surface area (TPSA) is 44.9 Å². The molecule has 0 radical (unpaired) electrons. The summed E-state index contributed by atoms with van der Waals surface area (Å²) >= 11 is 0. The summed E-state index contributed by atoms with van der Waals surface area (Å²) < 4.78 is 0. The molecule has 13 heavy (non-hydrogen) atoms. The van der Waals surface area contributed by atoms with E-state index < -0.39 is 0 Å². The Balaban J connectivity index is 2.42. The third-order valence-electron chi connectivity index (χ3n) is 2.03. The van der Waals surface area contributed by atoms with Crippen LogP contribution in [0.1, 0.15) is 5.56 Å². The van der Waals surface area contributed by atoms with Crippen molar-refractivity contribution < 1.29 is 0 Å². The van der Waals surface area contributed by atoms with Gasteiger partial charge in [0, 0.05) is 7.05 Å². The summed E-state index contributed by atoms with van der Waals surface area (Å²) in [5.41, 5.74) is 2.30. The number of nitrogens with zero attached hydrogens (tertiary/aromatic N) is 3. The van der Waals surface area contributed by atoms with Crippen molar-refractivity contribution in [1.29, 1.82) is 0 Å². The maximum Gasteiger partial charge on any atom is 0.106 e. The Hall–Kier alpha value is -1.39. The van der Waals surface area contributed by atoms with Crippen LogP contribution in [0, 0.1) is 0 Å². The van der Waals surface area contributed by atoms with Gasteiger partial charge in [-0.05, 0) is 11.6 Å². The van der Waals surface area contributed by atoms with Crippen molar-refractivity contribution >= 4 is 12.0 Å². The van der Waals surface area contributed by atoms with Gasteiger partial charge in [0.2, 0.25) is 0 Å². The largest absolute Gasteiger partial charge is 0.269 e. The van der Waals surface area contributed by atoms with Crippen molar-refractivity contribution in [1.82, 2.24) is 5.12 Å². The van der Waals surface area contributed by atoms with Crippen LogP contribution in [-0.4, -0.2) is 18.5 Å². The molecule has 4 nitrogen and oxygen atoms in total. The Kier molecular flexibility index (Phi) is 2.00. The van der Waals surface area contributed by atoms with E-state index in [2.05, 4.69) is 11.1 Å². The fourth-order valence-corrected chi connectivity index (χ4v) is 1.40. The molecule has 1 aliphatic rings. The van der Waals surface area contributed by atoms with Crippen LogP contribution in [0.25, 0.3) is 0 Å². The number of benzene rings is 1. The highest BCUT2D eigenvalue weighted by molar-refractivity contribution is 5.81. The Morgan fingerprint density at radius 3 is 3.00 bits per heavy atom. The van der Waals surface area contributed by atoms with Crippen LogP contribution in [0.4, 0.5) is 5.69 Å². The SMILES string of the molecule is CN(N)N1C=NCc2ccccc21. The molecule has 1 aliphatic heterocycles. The highest BCUT2D eigenvalue weighted by atomic mass is 15.7. The van der Waals surface area contributed by atoms with E-state index in [0.29, 0.717) is 0 Å². The molecule has 4 heteroatoms. The van der Waals surface area contributed by atoms with Crippen molar-refractivity contribution in [3.63, 3.8) is 0 Å². The molecule has 2 N–H and O–H groups in total. The average Bonchev–Trinajstić information content (AvgIpc) is 2.17. The van der Waals surface area contributed by atoms with Gasteiger partial charge in [0.25, 0.3) is 0 Å². The van der Waals surface area contributed by atoms with E-state index in [9.17, 15) is 0 Å². The molecule has 0 spiro atoms. The third-order valence-corrected chi connectivity index (χ3v) is 2.03. The van der Waals surface area contributed by atoms with Crippen LogP contribution in [0.15, 0.2) is 29.3 Å². The summed E-state index contributed by atoms with van der Waals surface area (Å²) in [6.07, 6.45) is 1.74. The van der Waals surface area contributed by atoms with Gasteiger partial charge in [-0.15, -0.1) is 0 Å². The Bertz CT molecular complexity index is 332. The van der Waals surface area contributed by atoms with Crippen molar-refractivity contribution in [2.75, 3.05) is 12.1 Å². The van der Waals surface area contributed by atoms with Gasteiger partial charge >= 0.3 is 0 Å². The number of para-hydroxylation sites is 1. The quantitative estimate of drug-likeness (QED) is 0.507. The predicted molar refractivity (Wildman–Crippen MR) is 53.1 cm³/mol. The van der Waals surface area contributed by atoms with Gasteiger partial charge in [0.15, 0.2) is 0 Å². The molecule has 2 rings (SSSR count). The fraction of sp³-hybridized carbons (Fsp3) is 0.222. The molecule has 0 aliphatic carbocycles. The number of hydrogen-bond donors (Lipinski definition) is 1. The van der Waals surface area contributed by atoms with E-state index in [1.807, 2.05) is 23.2 Å². The molecule has 68 valence electrons. The van der Waals surface area contributed by atoms with Gasteiger partial charge in [0.05, 0.1) is 12.2 Å². The molecule has 0 saturated heterocycles. The molecule has 1 aromatic carbocycles. The summed E-state index contributed by atoms with van der Waals surface area (Å²) in [6, 6.07) is 8.09. The lowest BCUT2D eigenvalue weighted by atomic mass is 10.1. The lowest BCUT2D eigenvalue weighted by Gasteiger charge is -2.29. The Morgan fingerprint density at radius 1 is 1.46 bits per heavy atom. The summed E-state index contributed by atoms with van der Waals surface area (Å²) in [5.74, 6) is 5.65. The molecule has 1 aromatic rings. The molecular formula is C9H12N4. The van der Waals surface area contributed by atoms with Gasteiger partial charge in [0.1, 0.15) is 6.34 Å². The van der Waals surface area contributed by atoms with Crippen molar-refractivity contribution in [3.05, 3.63) is 29.8 Å². The van der Waals surface area contributed by atoms with Crippen molar-refractivity contribution in [2.45, 2.75) is 6.54 Å². The van der Waals surface area contributed by atoms with Crippen molar-refractivity contribution in [3.8, 4) is 0 Å². The maximum atomic E-state index is 5.65. The second kappa shape index (κ2) is 3.16. The minimum absolute atomic E-state index is 0.737. The summed E-state index contributed by atoms with van der Waals surface area (Å²) in [5, 5.41) is 3.33. The van der Waals surface area contributed by atoms with E-state index >= 15 is 0 Å². The van der Waals surface area contributed by atoms with Gasteiger partial charge in [-0.1, -0.05) is 18.2 Å². The number of fused-ring (bicyclic) bond motifs is 1. The van der Waals surface area contributed by atoms with Gasteiger partial charge < -0.3 is 0 Å². The van der Waals surface area contributed by atoms with Gasteiger partial charge in [-0.3, -0.25) is 15.8 Å². The van der Waals surface area contributed by atoms with Crippen LogP contribution >= 0.6 is 0 Å². The lowest BCUT2D eigenvalue weighted by molar-refractivity contribution is 0.366. The summed E-state index contributed by atoms with van der Waals surface area (Å²) in [4.78, 5) is 4.20. The maximum absolute atomic E-state index is 5.65. The Morgan fingerprint density at radius 2 is 2.23 bits per heavy atom. The minimum Gasteiger partial charge on any atom is -0.269 e. The zero-order valence-electron chi connectivity index (χ0n) is 7.51. The molecule has 0 amide bonds. The first kappa shape index (κ1) is 8.22. The third kappa shape index (κ3) is 1.41. The van der Waals surface area contributed by atoms with E-state index in [0.717, 1.165) is 12.2 Å². The number of hydrazine groups is 2. The zero-order valence-corrected chi connectivity index (χ0v) is 7.51. The first-order chi connectivity index (χ1) is 6.29. The van der Waals surface area contributed by atoms with E-state index in [-0.39, 0.29) is 0 Å². The van der Waals surface area contributed by atoms with E-state index in [4.69, 9.17) is 5.84 Å². The van der Waals surface area contributed by atoms with Gasteiger partial charge in [-0.25, -0.2) is 0 Å². The van der Waals surface area contributed by atoms with Crippen LogP contribution in [-0.2, 0) is 6.54 Å². The van der Waals surface area contributed by atoms with Crippen LogP contribution in [0.5, 0.6) is 0 Å². The Labute approximate surface area is 77.2 Å². The fourth-order valence-electron chi connectivity index (χ4n) is 1.40. The highest BCUT2D eigenvalue weighted by Crippen LogP contribution is 2.22. The summed E-state index contributed by atoms with van der Waals surface area (Å²) in [6.45, 7) is 0.737. The normalized spacial score (nSPS) is 14.8. The molecule has 0 bridgehead atoms. The van der Waals surface area contributed by atoms with E-state index in [1.54, 1.807) is 13.4 Å². The molecule has 0 saturated carbocycles. The van der Waals surface area contributed by atoms with Crippen LogP contribution in [0.3, 0.4) is 0 Å². The number of anilines is 1. The van der Waals surface area contributed by atoms with Crippen molar-refractivity contribution in [2.24, 2.45) is 10.8 Å². The number of aliphatic imine (C=N–C) groups is 1. The minimum atomic E-state index is 0.737. The predicted octanol–water partition coefficient (Wildman–Crippen LogP) is 0.755. The standard InChI is InChI=1S/C9H12N4/c1-12(10)13-7-11-6-8-4-2-3-5-9(8)13/h2-5,7H,6,10H2,1H3. The zero-order chi connectivity index (χ0) is 9.26. The number of hydrogen-bond acceptors (Lipinski definition) is 4. The highest BCUT2D eigenvalue weighted by Gasteiger charge is 2.14. The first-order valence-electron chi connectivity index (χ1n) is 4.14. The molecule has 0 fully saturated rings. The molecule has 0 atom stereocenters. The monoisotopic (exact) mass is 176 g/mol. The first-order valence-corrected chi connectivity index (χ1v) is 4.14. The second-order valence-electron chi connectivity index (χ2n) is 3.00. The summed E-state index contributed by atoms with van der Waals surface area (Å²) in [7, 11) is 1.79. The molecule has 0 unspecified atom stereocenters. The number of rotatable bonds is 1. The smallest absolute Gasteiger partial charge is 0.106 e. The number of nitrogens with two attached hydrogens (primary N) is 1. The van der Waals surface area contributed by atoms with E-state index in [1.165, 1.54) is 10.7 Å². The lowest BCUT2D eigenvalue weighted by Crippen LogP contribution is -2.45. The van der Waals surface area contributed by atoms with Gasteiger partial charge in [-0.2, -0.15) is 5.12 Å². The molecule has 1 heterocycles. The molecule has 0 aromatic heterocycles. The second-order valence-corrected chi connectivity index (χ2v) is 3.00.